The Morgan fingerprint density at radius 1 is 1.36 bits per heavy atom. The van der Waals surface area contributed by atoms with Crippen LogP contribution in [0.2, 0.25) is 0 Å². The van der Waals surface area contributed by atoms with Crippen molar-refractivity contribution >= 4 is 28.4 Å². The molecule has 5 nitrogen and oxygen atoms in total. The molecule has 1 unspecified atom stereocenters. The first-order valence-corrected chi connectivity index (χ1v) is 8.53. The number of rotatable bonds is 3. The fourth-order valence-corrected chi connectivity index (χ4v) is 4.39. The predicted octanol–water partition coefficient (Wildman–Crippen LogP) is 3.97. The Hall–Kier alpha value is -2.08. The summed E-state index contributed by atoms with van der Waals surface area (Å²) in [5.74, 6) is 0. The van der Waals surface area contributed by atoms with Gasteiger partial charge in [0.15, 0.2) is 0 Å². The molecular weight excluding hydrogens is 298 g/mol. The van der Waals surface area contributed by atoms with E-state index in [1.165, 1.54) is 5.56 Å². The molecule has 1 atom stereocenters. The van der Waals surface area contributed by atoms with Crippen LogP contribution in [0.3, 0.4) is 0 Å². The van der Waals surface area contributed by atoms with Gasteiger partial charge < -0.3 is 10.2 Å². The maximum Gasteiger partial charge on any atom is 0.292 e. The highest BCUT2D eigenvalue weighted by molar-refractivity contribution is 7.08. The highest BCUT2D eigenvalue weighted by Gasteiger charge is 2.34. The number of hydrogen-bond acceptors (Lipinski definition) is 5. The first kappa shape index (κ1) is 13.6. The summed E-state index contributed by atoms with van der Waals surface area (Å²) in [5, 5.41) is 19.1. The molecule has 0 amide bonds. The molecule has 1 aromatic heterocycles. The second-order valence-electron chi connectivity index (χ2n) is 5.80. The number of hydrogen-bond donors (Lipinski definition) is 1. The molecule has 0 aliphatic carbocycles. The van der Waals surface area contributed by atoms with E-state index in [9.17, 15) is 10.1 Å². The van der Waals surface area contributed by atoms with Crippen LogP contribution in [0.5, 0.6) is 0 Å². The summed E-state index contributed by atoms with van der Waals surface area (Å²) in [4.78, 5) is 13.5. The minimum Gasteiger partial charge on any atom is -0.384 e. The summed E-state index contributed by atoms with van der Waals surface area (Å²) in [7, 11) is 0. The average molecular weight is 315 g/mol. The second-order valence-corrected chi connectivity index (χ2v) is 6.58. The van der Waals surface area contributed by atoms with Crippen molar-refractivity contribution < 1.29 is 4.92 Å². The number of nitro benzene ring substituents is 1. The lowest BCUT2D eigenvalue weighted by atomic mass is 10.0. The zero-order chi connectivity index (χ0) is 15.1. The minimum atomic E-state index is -0.239. The Morgan fingerprint density at radius 3 is 3.05 bits per heavy atom. The SMILES string of the molecule is O=[N+]([O-])c1ccc2c(c1N1CCCC1c1ccsc1)CCN2. The number of thiophene rings is 1. The van der Waals surface area contributed by atoms with E-state index in [1.807, 2.05) is 6.07 Å². The summed E-state index contributed by atoms with van der Waals surface area (Å²) in [6.45, 7) is 1.75. The summed E-state index contributed by atoms with van der Waals surface area (Å²) in [6, 6.07) is 5.90. The Balaban J connectivity index is 1.84. The number of nitrogens with one attached hydrogen (secondary N) is 1. The molecule has 1 fully saturated rings. The van der Waals surface area contributed by atoms with E-state index >= 15 is 0 Å². The van der Waals surface area contributed by atoms with Crippen LogP contribution in [0, 0.1) is 10.1 Å². The van der Waals surface area contributed by atoms with E-state index in [4.69, 9.17) is 0 Å². The van der Waals surface area contributed by atoms with Gasteiger partial charge in [-0.3, -0.25) is 10.1 Å². The van der Waals surface area contributed by atoms with Gasteiger partial charge in [0.2, 0.25) is 0 Å². The predicted molar refractivity (Wildman–Crippen MR) is 88.9 cm³/mol. The number of fused-ring (bicyclic) bond motifs is 1. The lowest BCUT2D eigenvalue weighted by Crippen LogP contribution is -2.24. The highest BCUT2D eigenvalue weighted by Crippen LogP contribution is 2.46. The molecular formula is C16H17N3O2S. The van der Waals surface area contributed by atoms with E-state index in [0.29, 0.717) is 0 Å². The van der Waals surface area contributed by atoms with Crippen molar-refractivity contribution in [3.8, 4) is 0 Å². The van der Waals surface area contributed by atoms with Gasteiger partial charge in [0.25, 0.3) is 5.69 Å². The Morgan fingerprint density at radius 2 is 2.27 bits per heavy atom. The van der Waals surface area contributed by atoms with E-state index in [2.05, 4.69) is 27.0 Å². The molecule has 2 aromatic rings. The maximum absolute atomic E-state index is 11.5. The molecule has 114 valence electrons. The van der Waals surface area contributed by atoms with Crippen LogP contribution in [0.4, 0.5) is 17.1 Å². The largest absolute Gasteiger partial charge is 0.384 e. The van der Waals surface area contributed by atoms with Gasteiger partial charge in [0, 0.05) is 30.4 Å². The van der Waals surface area contributed by atoms with Crippen molar-refractivity contribution in [2.75, 3.05) is 23.3 Å². The third kappa shape index (κ3) is 2.06. The lowest BCUT2D eigenvalue weighted by molar-refractivity contribution is -0.384. The molecule has 0 spiro atoms. The first-order chi connectivity index (χ1) is 10.8. The fraction of sp³-hybridized carbons (Fsp3) is 0.375. The summed E-state index contributed by atoms with van der Waals surface area (Å²) >= 11 is 1.69. The zero-order valence-corrected chi connectivity index (χ0v) is 12.9. The summed E-state index contributed by atoms with van der Waals surface area (Å²) in [5.41, 5.74) is 4.51. The fourth-order valence-electron chi connectivity index (χ4n) is 3.68. The number of nitrogens with zero attached hydrogens (tertiary/aromatic N) is 2. The Labute approximate surface area is 132 Å². The summed E-state index contributed by atoms with van der Waals surface area (Å²) < 4.78 is 0. The molecule has 22 heavy (non-hydrogen) atoms. The van der Waals surface area contributed by atoms with Gasteiger partial charge in [-0.15, -0.1) is 0 Å². The first-order valence-electron chi connectivity index (χ1n) is 7.58. The number of nitro groups is 1. The lowest BCUT2D eigenvalue weighted by Gasteiger charge is -2.28. The number of benzene rings is 1. The second kappa shape index (κ2) is 5.28. The van der Waals surface area contributed by atoms with Crippen LogP contribution in [-0.4, -0.2) is 18.0 Å². The van der Waals surface area contributed by atoms with Gasteiger partial charge >= 0.3 is 0 Å². The summed E-state index contributed by atoms with van der Waals surface area (Å²) in [6.07, 6.45) is 3.00. The molecule has 3 heterocycles. The molecule has 0 saturated carbocycles. The molecule has 1 saturated heterocycles. The number of anilines is 2. The van der Waals surface area contributed by atoms with Crippen LogP contribution < -0.4 is 10.2 Å². The molecule has 0 bridgehead atoms. The molecule has 1 N–H and O–H groups in total. The van der Waals surface area contributed by atoms with Gasteiger partial charge in [0.05, 0.1) is 11.0 Å². The van der Waals surface area contributed by atoms with Crippen LogP contribution in [0.15, 0.2) is 29.0 Å². The van der Waals surface area contributed by atoms with Gasteiger partial charge in [0.1, 0.15) is 5.69 Å². The van der Waals surface area contributed by atoms with Crippen molar-refractivity contribution in [3.05, 3.63) is 50.2 Å². The van der Waals surface area contributed by atoms with E-state index < -0.39 is 0 Å². The van der Waals surface area contributed by atoms with Crippen molar-refractivity contribution in [3.63, 3.8) is 0 Å². The smallest absolute Gasteiger partial charge is 0.292 e. The molecule has 1 aromatic carbocycles. The normalized spacial score (nSPS) is 20.0. The molecule has 4 rings (SSSR count). The van der Waals surface area contributed by atoms with Crippen LogP contribution in [0.1, 0.15) is 30.0 Å². The van der Waals surface area contributed by atoms with E-state index in [1.54, 1.807) is 17.4 Å². The maximum atomic E-state index is 11.5. The average Bonchev–Trinajstić information content (AvgIpc) is 3.25. The Kier molecular flexibility index (Phi) is 3.26. The quantitative estimate of drug-likeness (QED) is 0.688. The van der Waals surface area contributed by atoms with Gasteiger partial charge in [-0.05, 0) is 47.7 Å². The molecule has 2 aliphatic rings. The topological polar surface area (TPSA) is 58.4 Å². The standard InChI is InChI=1S/C16H17N3O2S/c20-19(21)15-4-3-13-12(5-7-17-13)16(15)18-8-1-2-14(18)11-6-9-22-10-11/h3-4,6,9-10,14,17H,1-2,5,7-8H2. The highest BCUT2D eigenvalue weighted by atomic mass is 32.1. The van der Waals surface area contributed by atoms with Gasteiger partial charge in [-0.2, -0.15) is 11.3 Å². The monoisotopic (exact) mass is 315 g/mol. The minimum absolute atomic E-state index is 0.239. The van der Waals surface area contributed by atoms with Crippen LogP contribution in [-0.2, 0) is 6.42 Å². The van der Waals surface area contributed by atoms with E-state index in [-0.39, 0.29) is 16.7 Å². The van der Waals surface area contributed by atoms with Crippen molar-refractivity contribution in [2.24, 2.45) is 0 Å². The third-order valence-corrected chi connectivity index (χ3v) is 5.32. The zero-order valence-electron chi connectivity index (χ0n) is 12.1. The van der Waals surface area contributed by atoms with Gasteiger partial charge in [-0.1, -0.05) is 0 Å². The van der Waals surface area contributed by atoms with Crippen molar-refractivity contribution in [1.29, 1.82) is 0 Å². The van der Waals surface area contributed by atoms with Gasteiger partial charge in [-0.25, -0.2) is 0 Å². The van der Waals surface area contributed by atoms with Crippen LogP contribution >= 0.6 is 11.3 Å². The molecule has 2 aliphatic heterocycles. The van der Waals surface area contributed by atoms with E-state index in [0.717, 1.165) is 49.3 Å². The van der Waals surface area contributed by atoms with Crippen molar-refractivity contribution in [1.82, 2.24) is 0 Å². The van der Waals surface area contributed by atoms with Crippen LogP contribution in [0.25, 0.3) is 0 Å². The molecule has 0 radical (unpaired) electrons. The molecule has 6 heteroatoms. The van der Waals surface area contributed by atoms with Crippen molar-refractivity contribution in [2.45, 2.75) is 25.3 Å². The third-order valence-electron chi connectivity index (χ3n) is 4.62. The Bertz CT molecular complexity index is 714.